The van der Waals surface area contributed by atoms with Crippen LogP contribution in [0.25, 0.3) is 33.9 Å². The number of nitrogens with one attached hydrogen (secondary N) is 2. The number of aromatic nitrogens is 1. The van der Waals surface area contributed by atoms with Crippen LogP contribution in [-0.4, -0.2) is 16.0 Å². The lowest BCUT2D eigenvalue weighted by Gasteiger charge is -2.11. The minimum atomic E-state index is -0.543. The number of furan rings is 1. The van der Waals surface area contributed by atoms with Crippen molar-refractivity contribution < 1.29 is 13.6 Å². The van der Waals surface area contributed by atoms with Crippen molar-refractivity contribution in [1.29, 1.82) is 0 Å². The van der Waals surface area contributed by atoms with Crippen LogP contribution in [0.3, 0.4) is 0 Å². The van der Waals surface area contributed by atoms with Gasteiger partial charge in [-0.05, 0) is 85.7 Å². The Morgan fingerprint density at radius 3 is 2.57 bits per heavy atom. The molecule has 0 atom stereocenters. The van der Waals surface area contributed by atoms with Gasteiger partial charge in [-0.3, -0.25) is 10.1 Å². The van der Waals surface area contributed by atoms with E-state index in [-0.39, 0.29) is 10.9 Å². The Morgan fingerprint density at radius 2 is 1.76 bits per heavy atom. The zero-order chi connectivity index (χ0) is 26.3. The van der Waals surface area contributed by atoms with Crippen LogP contribution < -0.4 is 10.6 Å². The largest absolute Gasteiger partial charge is 0.451 e. The van der Waals surface area contributed by atoms with Crippen molar-refractivity contribution in [2.75, 3.05) is 5.32 Å². The molecule has 0 aliphatic carbocycles. The van der Waals surface area contributed by atoms with Gasteiger partial charge in [-0.15, -0.1) is 0 Å². The molecule has 2 N–H and O–H groups in total. The number of rotatable bonds is 4. The van der Waals surface area contributed by atoms with E-state index in [9.17, 15) is 4.79 Å². The molecule has 2 aromatic heterocycles. The molecule has 0 unspecified atom stereocenters. The van der Waals surface area contributed by atoms with E-state index in [0.29, 0.717) is 43.5 Å². The Balaban J connectivity index is 1.32. The average Bonchev–Trinajstić information content (AvgIpc) is 3.50. The molecule has 3 aromatic carbocycles. The van der Waals surface area contributed by atoms with Gasteiger partial charge in [-0.1, -0.05) is 46.9 Å². The molecule has 0 saturated carbocycles. The predicted octanol–water partition coefficient (Wildman–Crippen LogP) is 8.46. The van der Waals surface area contributed by atoms with E-state index in [1.807, 2.05) is 26.0 Å². The molecule has 5 rings (SSSR count). The SMILES string of the molecule is Cc1cc(C)c2oc(-c3ccc(Cl)c(NC(=S)NC(=O)c4ccc(-c5cccc(Cl)c5Cl)o4)c3)nc2c1. The summed E-state index contributed by atoms with van der Waals surface area (Å²) < 4.78 is 11.7. The molecular formula is C27H18Cl3N3O3S. The molecule has 0 aliphatic rings. The van der Waals surface area contributed by atoms with Gasteiger partial charge in [0.25, 0.3) is 5.91 Å². The number of amides is 1. The zero-order valence-electron chi connectivity index (χ0n) is 19.5. The number of aryl methyl sites for hydroxylation is 2. The summed E-state index contributed by atoms with van der Waals surface area (Å²) in [6.07, 6.45) is 0. The highest BCUT2D eigenvalue weighted by Gasteiger charge is 2.17. The minimum absolute atomic E-state index is 0.0341. The summed E-state index contributed by atoms with van der Waals surface area (Å²) in [6, 6.07) is 17.6. The second kappa shape index (κ2) is 10.2. The molecule has 6 nitrogen and oxygen atoms in total. The van der Waals surface area contributed by atoms with Crippen LogP contribution in [-0.2, 0) is 0 Å². The van der Waals surface area contributed by atoms with Gasteiger partial charge in [-0.25, -0.2) is 4.98 Å². The third kappa shape index (κ3) is 5.22. The fraction of sp³-hybridized carbons (Fsp3) is 0.0741. The number of halogens is 3. The van der Waals surface area contributed by atoms with E-state index in [1.54, 1.807) is 42.5 Å². The zero-order valence-corrected chi connectivity index (χ0v) is 22.6. The number of carbonyl (C=O) groups excluding carboxylic acids is 1. The van der Waals surface area contributed by atoms with Gasteiger partial charge < -0.3 is 14.2 Å². The van der Waals surface area contributed by atoms with Crippen molar-refractivity contribution >= 4 is 74.8 Å². The summed E-state index contributed by atoms with van der Waals surface area (Å²) in [5, 5.41) is 6.69. The van der Waals surface area contributed by atoms with Gasteiger partial charge in [-0.2, -0.15) is 0 Å². The normalized spacial score (nSPS) is 11.1. The van der Waals surface area contributed by atoms with E-state index >= 15 is 0 Å². The molecule has 37 heavy (non-hydrogen) atoms. The van der Waals surface area contributed by atoms with Crippen molar-refractivity contribution in [1.82, 2.24) is 10.3 Å². The van der Waals surface area contributed by atoms with E-state index in [1.165, 1.54) is 6.07 Å². The maximum absolute atomic E-state index is 12.7. The highest BCUT2D eigenvalue weighted by molar-refractivity contribution is 7.80. The fourth-order valence-corrected chi connectivity index (χ4v) is 4.63. The van der Waals surface area contributed by atoms with Gasteiger partial charge in [0.2, 0.25) is 5.89 Å². The third-order valence-electron chi connectivity index (χ3n) is 5.56. The molecule has 0 radical (unpaired) electrons. The molecule has 2 heterocycles. The molecule has 186 valence electrons. The summed E-state index contributed by atoms with van der Waals surface area (Å²) in [4.78, 5) is 17.3. The van der Waals surface area contributed by atoms with Crippen LogP contribution in [0.5, 0.6) is 0 Å². The molecule has 1 amide bonds. The minimum Gasteiger partial charge on any atom is -0.451 e. The molecule has 0 saturated heterocycles. The van der Waals surface area contributed by atoms with Crippen LogP contribution in [0.1, 0.15) is 21.7 Å². The van der Waals surface area contributed by atoms with Crippen LogP contribution >= 0.6 is 47.0 Å². The lowest BCUT2D eigenvalue weighted by Crippen LogP contribution is -2.34. The summed E-state index contributed by atoms with van der Waals surface area (Å²) in [6.45, 7) is 3.99. The molecule has 0 spiro atoms. The van der Waals surface area contributed by atoms with Gasteiger partial charge in [0, 0.05) is 11.1 Å². The Kier molecular flexibility index (Phi) is 6.96. The number of hydrogen-bond donors (Lipinski definition) is 2. The molecule has 0 aliphatic heterocycles. The summed E-state index contributed by atoms with van der Waals surface area (Å²) in [7, 11) is 0. The Hall–Kier alpha value is -3.36. The number of benzene rings is 3. The van der Waals surface area contributed by atoms with Crippen molar-refractivity contribution in [2.45, 2.75) is 13.8 Å². The average molecular weight is 571 g/mol. The fourth-order valence-electron chi connectivity index (χ4n) is 3.87. The predicted molar refractivity (Wildman–Crippen MR) is 152 cm³/mol. The Morgan fingerprint density at radius 1 is 0.946 bits per heavy atom. The van der Waals surface area contributed by atoms with Gasteiger partial charge in [0.15, 0.2) is 16.5 Å². The van der Waals surface area contributed by atoms with Gasteiger partial charge in [0.1, 0.15) is 11.3 Å². The first-order valence-electron chi connectivity index (χ1n) is 11.0. The van der Waals surface area contributed by atoms with Crippen LogP contribution in [0.4, 0.5) is 5.69 Å². The molecule has 10 heteroatoms. The van der Waals surface area contributed by atoms with Crippen LogP contribution in [0.15, 0.2) is 69.5 Å². The summed E-state index contributed by atoms with van der Waals surface area (Å²) in [5.74, 6) is 0.350. The molecule has 5 aromatic rings. The van der Waals surface area contributed by atoms with Crippen molar-refractivity contribution in [2.24, 2.45) is 0 Å². The molecular weight excluding hydrogens is 553 g/mol. The number of fused-ring (bicyclic) bond motifs is 1. The maximum atomic E-state index is 12.7. The van der Waals surface area contributed by atoms with Crippen molar-refractivity contribution in [3.63, 3.8) is 0 Å². The molecule has 0 fully saturated rings. The second-order valence-electron chi connectivity index (χ2n) is 8.32. The third-order valence-corrected chi connectivity index (χ3v) is 6.91. The van der Waals surface area contributed by atoms with Crippen LogP contribution in [0, 0.1) is 13.8 Å². The first-order valence-corrected chi connectivity index (χ1v) is 12.6. The Bertz CT molecular complexity index is 1690. The van der Waals surface area contributed by atoms with Gasteiger partial charge in [0.05, 0.1) is 20.8 Å². The quantitative estimate of drug-likeness (QED) is 0.211. The monoisotopic (exact) mass is 569 g/mol. The maximum Gasteiger partial charge on any atom is 0.293 e. The number of thiocarbonyl (C=S) groups is 1. The highest BCUT2D eigenvalue weighted by atomic mass is 35.5. The highest BCUT2D eigenvalue weighted by Crippen LogP contribution is 2.35. The smallest absolute Gasteiger partial charge is 0.293 e. The van der Waals surface area contributed by atoms with E-state index in [2.05, 4.69) is 15.6 Å². The van der Waals surface area contributed by atoms with Crippen molar-refractivity contribution in [3.8, 4) is 22.8 Å². The van der Waals surface area contributed by atoms with Crippen LogP contribution in [0.2, 0.25) is 15.1 Å². The van der Waals surface area contributed by atoms with E-state index < -0.39 is 5.91 Å². The number of hydrogen-bond acceptors (Lipinski definition) is 5. The Labute approximate surface area is 232 Å². The number of anilines is 1. The first-order chi connectivity index (χ1) is 17.7. The lowest BCUT2D eigenvalue weighted by molar-refractivity contribution is 0.0951. The number of nitrogens with zero attached hydrogens (tertiary/aromatic N) is 1. The second-order valence-corrected chi connectivity index (χ2v) is 9.92. The lowest BCUT2D eigenvalue weighted by atomic mass is 10.1. The first kappa shape index (κ1) is 25.3. The number of oxazole rings is 1. The van der Waals surface area contributed by atoms with Gasteiger partial charge >= 0.3 is 0 Å². The van der Waals surface area contributed by atoms with E-state index in [0.717, 1.165) is 22.2 Å². The molecule has 0 bridgehead atoms. The van der Waals surface area contributed by atoms with E-state index in [4.69, 9.17) is 55.9 Å². The van der Waals surface area contributed by atoms with Crippen molar-refractivity contribution in [3.05, 3.63) is 92.6 Å². The standard InChI is InChI=1S/C27H18Cl3N3O3S/c1-13-10-14(2)24-20(11-13)31-26(36-24)15-6-7-17(28)19(12-15)32-27(37)33-25(34)22-9-8-21(35-22)16-4-3-5-18(29)23(16)30/h3-12H,1-2H3,(H2,32,33,34,37). The summed E-state index contributed by atoms with van der Waals surface area (Å²) in [5.41, 5.74) is 5.35. The summed E-state index contributed by atoms with van der Waals surface area (Å²) >= 11 is 24.0. The number of carbonyl (C=O) groups is 1. The topological polar surface area (TPSA) is 80.3 Å².